The fourth-order valence-corrected chi connectivity index (χ4v) is 2.90. The molecule has 0 unspecified atom stereocenters. The Bertz CT molecular complexity index is 979. The van der Waals surface area contributed by atoms with E-state index in [1.807, 2.05) is 31.2 Å². The van der Waals surface area contributed by atoms with Crippen LogP contribution in [0.3, 0.4) is 0 Å². The van der Waals surface area contributed by atoms with E-state index in [2.05, 4.69) is 10.3 Å². The van der Waals surface area contributed by atoms with Crippen LogP contribution in [0.2, 0.25) is 0 Å². The number of benzene rings is 2. The number of imidazole rings is 1. The molecule has 0 saturated carbocycles. The van der Waals surface area contributed by atoms with E-state index in [0.29, 0.717) is 35.7 Å². The first-order chi connectivity index (χ1) is 13.0. The van der Waals surface area contributed by atoms with Gasteiger partial charge in [-0.1, -0.05) is 12.1 Å². The zero-order chi connectivity index (χ0) is 19.2. The summed E-state index contributed by atoms with van der Waals surface area (Å²) >= 11 is 5.24. The molecule has 0 bridgehead atoms. The van der Waals surface area contributed by atoms with Crippen molar-refractivity contribution in [3.05, 3.63) is 76.6 Å². The van der Waals surface area contributed by atoms with Crippen molar-refractivity contribution in [1.82, 2.24) is 14.9 Å². The summed E-state index contributed by atoms with van der Waals surface area (Å²) in [5.41, 5.74) is 2.13. The van der Waals surface area contributed by atoms with Gasteiger partial charge in [0.25, 0.3) is 5.91 Å². The molecule has 5 nitrogen and oxygen atoms in total. The molecule has 7 heteroatoms. The Kier molecular flexibility index (Phi) is 6.03. The lowest BCUT2D eigenvalue weighted by Crippen LogP contribution is -2.27. The lowest BCUT2D eigenvalue weighted by molar-refractivity contribution is 0.0944. The van der Waals surface area contributed by atoms with Gasteiger partial charge < -0.3 is 15.0 Å². The molecule has 1 amide bonds. The van der Waals surface area contributed by atoms with Gasteiger partial charge in [-0.25, -0.2) is 4.39 Å². The van der Waals surface area contributed by atoms with Crippen LogP contribution >= 0.6 is 12.2 Å². The summed E-state index contributed by atoms with van der Waals surface area (Å²) in [5.74, 6) is 0.208. The Labute approximate surface area is 161 Å². The van der Waals surface area contributed by atoms with Crippen molar-refractivity contribution in [1.29, 1.82) is 0 Å². The van der Waals surface area contributed by atoms with Gasteiger partial charge in [-0.3, -0.25) is 9.36 Å². The average molecular weight is 385 g/mol. The molecule has 0 aliphatic rings. The molecular formula is C20H20FN3O2S. The molecule has 3 rings (SSSR count). The molecule has 0 spiro atoms. The van der Waals surface area contributed by atoms with Crippen LogP contribution in [0, 0.1) is 17.5 Å². The Morgan fingerprint density at radius 3 is 2.78 bits per heavy atom. The molecule has 0 atom stereocenters. The fourth-order valence-electron chi connectivity index (χ4n) is 2.64. The molecule has 2 N–H and O–H groups in total. The number of nitrogens with zero attached hydrogens (tertiary/aromatic N) is 1. The van der Waals surface area contributed by atoms with E-state index < -0.39 is 0 Å². The molecule has 140 valence electrons. The standard InChI is InChI=1S/C20H20FN3O2S/c1-14-4-2-5-17(12-14)26-11-3-10-22-19(25)18-13-23-20(27)24(18)16-8-6-15(21)7-9-16/h2,4-9,12-13H,3,10-11H2,1H3,(H,22,25)(H,23,27). The van der Waals surface area contributed by atoms with Crippen molar-refractivity contribution >= 4 is 18.1 Å². The monoisotopic (exact) mass is 385 g/mol. The second kappa shape index (κ2) is 8.64. The number of ether oxygens (including phenoxy) is 1. The van der Waals surface area contributed by atoms with Crippen LogP contribution in [0.1, 0.15) is 22.5 Å². The van der Waals surface area contributed by atoms with Crippen LogP contribution in [-0.2, 0) is 0 Å². The number of H-pyrrole nitrogens is 1. The molecule has 3 aromatic rings. The summed E-state index contributed by atoms with van der Waals surface area (Å²) in [4.78, 5) is 15.3. The maximum absolute atomic E-state index is 13.1. The van der Waals surface area contributed by atoms with E-state index in [-0.39, 0.29) is 11.7 Å². The Morgan fingerprint density at radius 2 is 2.04 bits per heavy atom. The van der Waals surface area contributed by atoms with E-state index in [4.69, 9.17) is 17.0 Å². The normalized spacial score (nSPS) is 10.6. The highest BCUT2D eigenvalue weighted by Gasteiger charge is 2.14. The first-order valence-electron chi connectivity index (χ1n) is 8.58. The maximum atomic E-state index is 13.1. The number of aromatic amines is 1. The number of carbonyl (C=O) groups excluding carboxylic acids is 1. The van der Waals surface area contributed by atoms with Gasteiger partial charge in [-0.15, -0.1) is 0 Å². The van der Waals surface area contributed by atoms with Crippen LogP contribution in [0.4, 0.5) is 4.39 Å². The summed E-state index contributed by atoms with van der Waals surface area (Å²) in [7, 11) is 0. The Hall–Kier alpha value is -2.93. The number of hydrogen-bond acceptors (Lipinski definition) is 3. The molecular weight excluding hydrogens is 365 g/mol. The summed E-state index contributed by atoms with van der Waals surface area (Å²) in [5, 5.41) is 2.85. The zero-order valence-corrected chi connectivity index (χ0v) is 15.7. The van der Waals surface area contributed by atoms with Gasteiger partial charge >= 0.3 is 0 Å². The average Bonchev–Trinajstić information content (AvgIpc) is 3.04. The zero-order valence-electron chi connectivity index (χ0n) is 14.9. The number of hydrogen-bond donors (Lipinski definition) is 2. The molecule has 0 fully saturated rings. The van der Waals surface area contributed by atoms with Crippen molar-refractivity contribution < 1.29 is 13.9 Å². The molecule has 2 aromatic carbocycles. The minimum absolute atomic E-state index is 0.262. The number of rotatable bonds is 7. The van der Waals surface area contributed by atoms with Gasteiger partial charge in [-0.05, 0) is 67.5 Å². The summed E-state index contributed by atoms with van der Waals surface area (Å²) in [6.45, 7) is 2.97. The summed E-state index contributed by atoms with van der Waals surface area (Å²) in [6, 6.07) is 13.6. The summed E-state index contributed by atoms with van der Waals surface area (Å²) < 4.78 is 20.8. The molecule has 0 aliphatic heterocycles. The van der Waals surface area contributed by atoms with E-state index in [1.165, 1.54) is 12.1 Å². The lowest BCUT2D eigenvalue weighted by Gasteiger charge is -2.10. The number of aromatic nitrogens is 2. The highest BCUT2D eigenvalue weighted by molar-refractivity contribution is 7.71. The molecule has 0 saturated heterocycles. The fraction of sp³-hybridized carbons (Fsp3) is 0.200. The number of carbonyl (C=O) groups is 1. The first-order valence-corrected chi connectivity index (χ1v) is 8.99. The van der Waals surface area contributed by atoms with Gasteiger partial charge in [0.15, 0.2) is 4.77 Å². The molecule has 1 heterocycles. The van der Waals surface area contributed by atoms with Crippen molar-refractivity contribution in [3.8, 4) is 11.4 Å². The van der Waals surface area contributed by atoms with Gasteiger partial charge in [-0.2, -0.15) is 0 Å². The smallest absolute Gasteiger partial charge is 0.269 e. The predicted octanol–water partition coefficient (Wildman–Crippen LogP) is 4.18. The van der Waals surface area contributed by atoms with E-state index in [0.717, 1.165) is 11.3 Å². The minimum atomic E-state index is -0.347. The molecule has 27 heavy (non-hydrogen) atoms. The quantitative estimate of drug-likeness (QED) is 0.474. The second-order valence-corrected chi connectivity index (χ2v) is 6.45. The van der Waals surface area contributed by atoms with Crippen molar-refractivity contribution in [2.45, 2.75) is 13.3 Å². The van der Waals surface area contributed by atoms with Crippen LogP contribution in [-0.4, -0.2) is 28.6 Å². The highest BCUT2D eigenvalue weighted by atomic mass is 32.1. The largest absolute Gasteiger partial charge is 0.494 e. The predicted molar refractivity (Wildman–Crippen MR) is 105 cm³/mol. The number of amides is 1. The van der Waals surface area contributed by atoms with Crippen LogP contribution in [0.15, 0.2) is 54.7 Å². The van der Waals surface area contributed by atoms with E-state index >= 15 is 0 Å². The number of halogens is 1. The van der Waals surface area contributed by atoms with Crippen LogP contribution < -0.4 is 10.1 Å². The van der Waals surface area contributed by atoms with Crippen molar-refractivity contribution in [2.24, 2.45) is 0 Å². The molecule has 0 aliphatic carbocycles. The SMILES string of the molecule is Cc1cccc(OCCCNC(=O)c2c[nH]c(=S)n2-c2ccc(F)cc2)c1. The third-order valence-corrected chi connectivity index (χ3v) is 4.26. The van der Waals surface area contributed by atoms with Gasteiger partial charge in [0.2, 0.25) is 0 Å². The Morgan fingerprint density at radius 1 is 1.26 bits per heavy atom. The van der Waals surface area contributed by atoms with Crippen LogP contribution in [0.5, 0.6) is 5.75 Å². The van der Waals surface area contributed by atoms with E-state index in [1.54, 1.807) is 22.9 Å². The first kappa shape index (κ1) is 18.8. The minimum Gasteiger partial charge on any atom is -0.494 e. The number of nitrogens with one attached hydrogen (secondary N) is 2. The highest BCUT2D eigenvalue weighted by Crippen LogP contribution is 2.14. The third kappa shape index (κ3) is 4.83. The third-order valence-electron chi connectivity index (χ3n) is 3.96. The summed E-state index contributed by atoms with van der Waals surface area (Å²) in [6.07, 6.45) is 2.21. The van der Waals surface area contributed by atoms with Gasteiger partial charge in [0.1, 0.15) is 17.3 Å². The topological polar surface area (TPSA) is 59.0 Å². The lowest BCUT2D eigenvalue weighted by atomic mass is 10.2. The van der Waals surface area contributed by atoms with Gasteiger partial charge in [0.05, 0.1) is 6.61 Å². The maximum Gasteiger partial charge on any atom is 0.269 e. The van der Waals surface area contributed by atoms with Crippen molar-refractivity contribution in [2.75, 3.05) is 13.2 Å². The Balaban J connectivity index is 1.56. The van der Waals surface area contributed by atoms with E-state index in [9.17, 15) is 9.18 Å². The molecule has 1 aromatic heterocycles. The van der Waals surface area contributed by atoms with Crippen LogP contribution in [0.25, 0.3) is 5.69 Å². The van der Waals surface area contributed by atoms with Gasteiger partial charge in [0, 0.05) is 18.4 Å². The number of aryl methyl sites for hydroxylation is 1. The second-order valence-electron chi connectivity index (χ2n) is 6.07. The van der Waals surface area contributed by atoms with Crippen molar-refractivity contribution in [3.63, 3.8) is 0 Å². The molecule has 0 radical (unpaired) electrons.